The molecule has 0 aliphatic heterocycles. The van der Waals surface area contributed by atoms with E-state index in [1.807, 2.05) is 11.9 Å². The van der Waals surface area contributed by atoms with Crippen LogP contribution in [0.3, 0.4) is 0 Å². The third kappa shape index (κ3) is 5.07. The minimum atomic E-state index is -3.09. The van der Waals surface area contributed by atoms with Crippen molar-refractivity contribution in [3.8, 4) is 0 Å². The third-order valence-corrected chi connectivity index (χ3v) is 4.46. The third-order valence-electron chi connectivity index (χ3n) is 2.55. The van der Waals surface area contributed by atoms with Crippen molar-refractivity contribution >= 4 is 10.0 Å². The second-order valence-corrected chi connectivity index (χ2v) is 6.69. The van der Waals surface area contributed by atoms with Crippen LogP contribution in [0.4, 0.5) is 0 Å². The van der Waals surface area contributed by atoms with Gasteiger partial charge in [0.05, 0.1) is 11.4 Å². The van der Waals surface area contributed by atoms with Gasteiger partial charge in [-0.3, -0.25) is 9.97 Å². The van der Waals surface area contributed by atoms with Crippen LogP contribution < -0.4 is 0 Å². The lowest BCUT2D eigenvalue weighted by Gasteiger charge is -2.16. The fraction of sp³-hybridized carbons (Fsp3) is 0.636. The van der Waals surface area contributed by atoms with Gasteiger partial charge in [0, 0.05) is 39.2 Å². The van der Waals surface area contributed by atoms with Crippen molar-refractivity contribution in [2.75, 3.05) is 33.4 Å². The molecule has 0 aliphatic rings. The number of sulfonamides is 1. The van der Waals surface area contributed by atoms with Crippen molar-refractivity contribution < 1.29 is 8.42 Å². The monoisotopic (exact) mass is 272 g/mol. The molecule has 0 saturated heterocycles. The fourth-order valence-corrected chi connectivity index (χ4v) is 2.33. The lowest BCUT2D eigenvalue weighted by atomic mass is 10.4. The molecule has 0 bridgehead atoms. The van der Waals surface area contributed by atoms with E-state index in [0.29, 0.717) is 19.5 Å². The van der Waals surface area contributed by atoms with Gasteiger partial charge in [-0.1, -0.05) is 0 Å². The highest BCUT2D eigenvalue weighted by atomic mass is 32.2. The van der Waals surface area contributed by atoms with Crippen LogP contribution in [0.15, 0.2) is 18.6 Å². The summed E-state index contributed by atoms with van der Waals surface area (Å²) in [6.45, 7) is 1.39. The number of hydrogen-bond donors (Lipinski definition) is 0. The lowest BCUT2D eigenvalue weighted by Crippen LogP contribution is -2.28. The van der Waals surface area contributed by atoms with Crippen molar-refractivity contribution in [1.29, 1.82) is 0 Å². The molecule has 1 rings (SSSR count). The van der Waals surface area contributed by atoms with Gasteiger partial charge in [-0.25, -0.2) is 12.7 Å². The van der Waals surface area contributed by atoms with Crippen LogP contribution in [0.1, 0.15) is 12.1 Å². The van der Waals surface area contributed by atoms with E-state index in [9.17, 15) is 8.42 Å². The normalized spacial score (nSPS) is 12.3. The molecule has 7 heteroatoms. The first kappa shape index (κ1) is 15.0. The average molecular weight is 272 g/mol. The Hall–Kier alpha value is -1.05. The predicted molar refractivity (Wildman–Crippen MR) is 70.5 cm³/mol. The van der Waals surface area contributed by atoms with Gasteiger partial charge >= 0.3 is 0 Å². The van der Waals surface area contributed by atoms with E-state index in [1.54, 1.807) is 32.7 Å². The molecule has 1 aromatic rings. The number of rotatable bonds is 7. The molecule has 0 aromatic carbocycles. The van der Waals surface area contributed by atoms with Crippen molar-refractivity contribution in [1.82, 2.24) is 19.2 Å². The first-order chi connectivity index (χ1) is 8.42. The van der Waals surface area contributed by atoms with E-state index in [1.165, 1.54) is 4.31 Å². The molecule has 1 heterocycles. The molecule has 6 nitrogen and oxygen atoms in total. The van der Waals surface area contributed by atoms with Crippen LogP contribution in [-0.2, 0) is 16.6 Å². The molecular weight excluding hydrogens is 252 g/mol. The maximum Gasteiger partial charge on any atom is 0.213 e. The van der Waals surface area contributed by atoms with Crippen molar-refractivity contribution in [3.63, 3.8) is 0 Å². The quantitative estimate of drug-likeness (QED) is 0.709. The maximum absolute atomic E-state index is 11.6. The summed E-state index contributed by atoms with van der Waals surface area (Å²) < 4.78 is 24.4. The Morgan fingerprint density at radius 3 is 2.50 bits per heavy atom. The summed E-state index contributed by atoms with van der Waals surface area (Å²) in [7, 11) is 1.96. The largest absolute Gasteiger partial charge is 0.300 e. The van der Waals surface area contributed by atoms with Gasteiger partial charge in [0.2, 0.25) is 10.0 Å². The second-order valence-electron chi connectivity index (χ2n) is 4.39. The Balaban J connectivity index is 2.32. The van der Waals surface area contributed by atoms with Gasteiger partial charge in [-0.15, -0.1) is 0 Å². The molecular formula is C11H20N4O2S. The van der Waals surface area contributed by atoms with Crippen LogP contribution in [0.25, 0.3) is 0 Å². The highest BCUT2D eigenvalue weighted by molar-refractivity contribution is 7.89. The summed E-state index contributed by atoms with van der Waals surface area (Å²) in [6, 6.07) is 0. The van der Waals surface area contributed by atoms with Crippen molar-refractivity contribution in [2.45, 2.75) is 13.0 Å². The Bertz CT molecular complexity index is 447. The van der Waals surface area contributed by atoms with Gasteiger partial charge in [0.25, 0.3) is 0 Å². The van der Waals surface area contributed by atoms with E-state index in [2.05, 4.69) is 9.97 Å². The Morgan fingerprint density at radius 1 is 1.22 bits per heavy atom. The molecule has 102 valence electrons. The Kier molecular flexibility index (Phi) is 5.64. The SMILES string of the molecule is CN(CCCS(=O)(=O)N(C)C)Cc1cnccn1. The molecule has 0 unspecified atom stereocenters. The average Bonchev–Trinajstić information content (AvgIpc) is 2.29. The van der Waals surface area contributed by atoms with Crippen LogP contribution in [0.2, 0.25) is 0 Å². The minimum absolute atomic E-state index is 0.171. The number of hydrogen-bond acceptors (Lipinski definition) is 5. The van der Waals surface area contributed by atoms with Crippen LogP contribution >= 0.6 is 0 Å². The van der Waals surface area contributed by atoms with E-state index in [-0.39, 0.29) is 5.75 Å². The first-order valence-corrected chi connectivity index (χ1v) is 7.36. The van der Waals surface area contributed by atoms with Crippen LogP contribution in [0, 0.1) is 0 Å². The molecule has 0 saturated carbocycles. The number of nitrogens with zero attached hydrogens (tertiary/aromatic N) is 4. The summed E-state index contributed by atoms with van der Waals surface area (Å²) in [4.78, 5) is 10.2. The minimum Gasteiger partial charge on any atom is -0.300 e. The van der Waals surface area contributed by atoms with E-state index in [0.717, 1.165) is 5.69 Å². The molecule has 0 radical (unpaired) electrons. The van der Waals surface area contributed by atoms with Gasteiger partial charge in [-0.2, -0.15) is 0 Å². The van der Waals surface area contributed by atoms with Gasteiger partial charge in [0.1, 0.15) is 0 Å². The highest BCUT2D eigenvalue weighted by Crippen LogP contribution is 2.01. The topological polar surface area (TPSA) is 66.4 Å². The Morgan fingerprint density at radius 2 is 1.94 bits per heavy atom. The van der Waals surface area contributed by atoms with E-state index >= 15 is 0 Å². The first-order valence-electron chi connectivity index (χ1n) is 5.75. The van der Waals surface area contributed by atoms with Crippen LogP contribution in [0.5, 0.6) is 0 Å². The van der Waals surface area contributed by atoms with E-state index in [4.69, 9.17) is 0 Å². The lowest BCUT2D eigenvalue weighted by molar-refractivity contribution is 0.322. The summed E-state index contributed by atoms with van der Waals surface area (Å²) in [5, 5.41) is 0. The van der Waals surface area contributed by atoms with E-state index < -0.39 is 10.0 Å². The summed E-state index contributed by atoms with van der Waals surface area (Å²) in [6.07, 6.45) is 5.61. The molecule has 0 N–H and O–H groups in total. The summed E-state index contributed by atoms with van der Waals surface area (Å²) in [5.74, 6) is 0.171. The van der Waals surface area contributed by atoms with Gasteiger partial charge in [-0.05, 0) is 20.0 Å². The van der Waals surface area contributed by atoms with Crippen molar-refractivity contribution in [3.05, 3.63) is 24.3 Å². The Labute approximate surface area is 109 Å². The maximum atomic E-state index is 11.6. The van der Waals surface area contributed by atoms with Gasteiger partial charge in [0.15, 0.2) is 0 Å². The molecule has 18 heavy (non-hydrogen) atoms. The van der Waals surface area contributed by atoms with Crippen LogP contribution in [-0.4, -0.2) is 61.0 Å². The zero-order valence-corrected chi connectivity index (χ0v) is 11.9. The molecule has 0 aliphatic carbocycles. The second kappa shape index (κ2) is 6.77. The molecule has 1 aromatic heterocycles. The van der Waals surface area contributed by atoms with Gasteiger partial charge < -0.3 is 4.90 Å². The standard InChI is InChI=1S/C11H20N4O2S/c1-14(2)18(16,17)8-4-7-15(3)10-11-9-12-5-6-13-11/h5-6,9H,4,7-8,10H2,1-3H3. The highest BCUT2D eigenvalue weighted by Gasteiger charge is 2.13. The zero-order chi connectivity index (χ0) is 13.6. The molecule has 0 atom stereocenters. The summed E-state index contributed by atoms with van der Waals surface area (Å²) >= 11 is 0. The molecule has 0 amide bonds. The predicted octanol–water partition coefficient (Wildman–Crippen LogP) is 0.190. The molecule has 0 fully saturated rings. The molecule has 0 spiro atoms. The summed E-state index contributed by atoms with van der Waals surface area (Å²) in [5.41, 5.74) is 0.885. The number of aromatic nitrogens is 2. The zero-order valence-electron chi connectivity index (χ0n) is 11.1. The smallest absolute Gasteiger partial charge is 0.213 e. The van der Waals surface area contributed by atoms with Crippen molar-refractivity contribution in [2.24, 2.45) is 0 Å². The fourth-order valence-electron chi connectivity index (χ4n) is 1.47.